The predicted octanol–water partition coefficient (Wildman–Crippen LogP) is 2.74. The van der Waals surface area contributed by atoms with Gasteiger partial charge in [0.15, 0.2) is 11.5 Å². The van der Waals surface area contributed by atoms with Gasteiger partial charge in [-0.05, 0) is 34.5 Å². The maximum Gasteiger partial charge on any atom is 0.222 e. The van der Waals surface area contributed by atoms with Gasteiger partial charge in [-0.25, -0.2) is 4.98 Å². The number of nitrogens with two attached hydrogens (primary N) is 2. The highest BCUT2D eigenvalue weighted by Crippen LogP contribution is 2.39. The predicted molar refractivity (Wildman–Crippen MR) is 91.0 cm³/mol. The first-order valence-electron chi connectivity index (χ1n) is 6.85. The largest absolute Gasteiger partial charge is 0.493 e. The molecule has 0 aliphatic carbocycles. The highest BCUT2D eigenvalue weighted by atomic mass is 79.9. The molecule has 0 aliphatic rings. The molecule has 0 saturated carbocycles. The van der Waals surface area contributed by atoms with Gasteiger partial charge in [-0.3, -0.25) is 0 Å². The topological polar surface area (TPSA) is 120 Å². The van der Waals surface area contributed by atoms with Crippen LogP contribution in [-0.2, 0) is 0 Å². The Kier molecular flexibility index (Phi) is 5.24. The minimum Gasteiger partial charge on any atom is -0.493 e. The fourth-order valence-electron chi connectivity index (χ4n) is 2.00. The maximum atomic E-state index is 9.32. The van der Waals surface area contributed by atoms with E-state index in [1.807, 2.05) is 13.0 Å². The number of hydrogen-bond donors (Lipinski definition) is 2. The van der Waals surface area contributed by atoms with Gasteiger partial charge in [0.2, 0.25) is 5.95 Å². The standard InChI is InChI=1S/C15H16BrN5O2/c1-3-4-23-12-6-10(16)8(5-11(12)22-2)13-9(7-17)14(18)21-15(19)20-13/h5-6H,3-4H2,1-2H3,(H4,18,19,20,21). The lowest BCUT2D eigenvalue weighted by molar-refractivity contribution is 0.294. The highest BCUT2D eigenvalue weighted by Gasteiger charge is 2.18. The number of rotatable bonds is 5. The minimum absolute atomic E-state index is 0.00586. The molecule has 0 saturated heterocycles. The van der Waals surface area contributed by atoms with Crippen molar-refractivity contribution in [3.63, 3.8) is 0 Å². The molecule has 0 spiro atoms. The molecule has 8 heteroatoms. The molecule has 1 heterocycles. The number of benzene rings is 1. The van der Waals surface area contributed by atoms with Crippen molar-refractivity contribution in [2.45, 2.75) is 13.3 Å². The van der Waals surface area contributed by atoms with Crippen LogP contribution in [0.15, 0.2) is 16.6 Å². The quantitative estimate of drug-likeness (QED) is 0.821. The lowest BCUT2D eigenvalue weighted by Crippen LogP contribution is -2.05. The first kappa shape index (κ1) is 16.8. The van der Waals surface area contributed by atoms with Crippen molar-refractivity contribution in [2.24, 2.45) is 0 Å². The van der Waals surface area contributed by atoms with Crippen LogP contribution in [0.3, 0.4) is 0 Å². The molecule has 0 aliphatic heterocycles. The second kappa shape index (κ2) is 7.15. The number of halogens is 1. The average molecular weight is 378 g/mol. The molecule has 7 nitrogen and oxygen atoms in total. The number of nitriles is 1. The summed E-state index contributed by atoms with van der Waals surface area (Å²) < 4.78 is 11.7. The zero-order chi connectivity index (χ0) is 17.0. The van der Waals surface area contributed by atoms with Gasteiger partial charge in [-0.2, -0.15) is 10.2 Å². The molecule has 4 N–H and O–H groups in total. The summed E-state index contributed by atoms with van der Waals surface area (Å²) in [5.74, 6) is 1.15. The summed E-state index contributed by atoms with van der Waals surface area (Å²) in [6.07, 6.45) is 0.875. The number of hydrogen-bond acceptors (Lipinski definition) is 7. The molecule has 1 aromatic carbocycles. The van der Waals surface area contributed by atoms with Crippen molar-refractivity contribution in [3.8, 4) is 28.8 Å². The van der Waals surface area contributed by atoms with Gasteiger partial charge in [0.05, 0.1) is 19.4 Å². The smallest absolute Gasteiger partial charge is 0.222 e. The summed E-state index contributed by atoms with van der Waals surface area (Å²) in [6, 6.07) is 5.49. The van der Waals surface area contributed by atoms with Gasteiger partial charge in [0, 0.05) is 10.0 Å². The Morgan fingerprint density at radius 2 is 2.00 bits per heavy atom. The van der Waals surface area contributed by atoms with Crippen molar-refractivity contribution in [1.29, 1.82) is 5.26 Å². The lowest BCUT2D eigenvalue weighted by atomic mass is 10.1. The van der Waals surface area contributed by atoms with E-state index in [4.69, 9.17) is 20.9 Å². The van der Waals surface area contributed by atoms with Gasteiger partial charge in [0.25, 0.3) is 0 Å². The third kappa shape index (κ3) is 3.46. The third-order valence-corrected chi connectivity index (χ3v) is 3.69. The third-order valence-electron chi connectivity index (χ3n) is 3.04. The fraction of sp³-hybridized carbons (Fsp3) is 0.267. The van der Waals surface area contributed by atoms with Crippen LogP contribution < -0.4 is 20.9 Å². The Hall–Kier alpha value is -2.53. The average Bonchev–Trinajstić information content (AvgIpc) is 2.52. The van der Waals surface area contributed by atoms with Crippen LogP contribution >= 0.6 is 15.9 Å². The Morgan fingerprint density at radius 3 is 2.61 bits per heavy atom. The first-order valence-corrected chi connectivity index (χ1v) is 7.64. The summed E-state index contributed by atoms with van der Waals surface area (Å²) >= 11 is 3.46. The van der Waals surface area contributed by atoms with E-state index in [1.165, 1.54) is 0 Å². The van der Waals surface area contributed by atoms with Gasteiger partial charge >= 0.3 is 0 Å². The summed E-state index contributed by atoms with van der Waals surface area (Å²) in [7, 11) is 1.54. The summed E-state index contributed by atoms with van der Waals surface area (Å²) in [6.45, 7) is 2.58. The van der Waals surface area contributed by atoms with E-state index in [9.17, 15) is 5.26 Å². The van der Waals surface area contributed by atoms with E-state index >= 15 is 0 Å². The van der Waals surface area contributed by atoms with Crippen molar-refractivity contribution in [1.82, 2.24) is 9.97 Å². The normalized spacial score (nSPS) is 10.2. The summed E-state index contributed by atoms with van der Waals surface area (Å²) in [5.41, 5.74) is 12.5. The summed E-state index contributed by atoms with van der Waals surface area (Å²) in [4.78, 5) is 7.95. The van der Waals surface area contributed by atoms with Crippen molar-refractivity contribution in [2.75, 3.05) is 25.2 Å². The molecule has 0 atom stereocenters. The Bertz CT molecular complexity index is 773. The number of methoxy groups -OCH3 is 1. The molecule has 2 aromatic rings. The molecule has 0 fully saturated rings. The van der Waals surface area contributed by atoms with E-state index in [0.29, 0.717) is 33.8 Å². The van der Waals surface area contributed by atoms with Gasteiger partial charge in [-0.1, -0.05) is 6.92 Å². The molecular weight excluding hydrogens is 362 g/mol. The highest BCUT2D eigenvalue weighted by molar-refractivity contribution is 9.10. The molecule has 120 valence electrons. The number of anilines is 2. The van der Waals surface area contributed by atoms with Gasteiger partial charge < -0.3 is 20.9 Å². The number of nitrogens with zero attached hydrogens (tertiary/aromatic N) is 3. The van der Waals surface area contributed by atoms with Crippen molar-refractivity contribution in [3.05, 3.63) is 22.2 Å². The molecule has 0 bridgehead atoms. The monoisotopic (exact) mass is 377 g/mol. The lowest BCUT2D eigenvalue weighted by Gasteiger charge is -2.14. The van der Waals surface area contributed by atoms with Crippen LogP contribution in [0.5, 0.6) is 11.5 Å². The van der Waals surface area contributed by atoms with E-state index in [1.54, 1.807) is 19.2 Å². The molecule has 0 radical (unpaired) electrons. The Morgan fingerprint density at radius 1 is 1.26 bits per heavy atom. The van der Waals surface area contributed by atoms with Crippen LogP contribution in [0.2, 0.25) is 0 Å². The number of nitrogen functional groups attached to an aromatic ring is 2. The second-order valence-electron chi connectivity index (χ2n) is 4.63. The van der Waals surface area contributed by atoms with Gasteiger partial charge in [0.1, 0.15) is 17.5 Å². The SMILES string of the molecule is CCCOc1cc(Br)c(-c2nc(N)nc(N)c2C#N)cc1OC. The van der Waals surface area contributed by atoms with E-state index in [2.05, 4.69) is 25.9 Å². The Balaban J connectivity index is 2.63. The fourth-order valence-corrected chi connectivity index (χ4v) is 2.51. The zero-order valence-electron chi connectivity index (χ0n) is 12.8. The molecule has 2 rings (SSSR count). The molecular formula is C15H16BrN5O2. The summed E-state index contributed by atoms with van der Waals surface area (Å²) in [5, 5.41) is 9.32. The first-order chi connectivity index (χ1) is 11.0. The Labute approximate surface area is 142 Å². The van der Waals surface area contributed by atoms with Crippen molar-refractivity contribution >= 4 is 27.7 Å². The van der Waals surface area contributed by atoms with E-state index < -0.39 is 0 Å². The molecule has 0 unspecified atom stereocenters. The second-order valence-corrected chi connectivity index (χ2v) is 5.49. The van der Waals surface area contributed by atoms with Crippen LogP contribution in [0.4, 0.5) is 11.8 Å². The maximum absolute atomic E-state index is 9.32. The van der Waals surface area contributed by atoms with Gasteiger partial charge in [-0.15, -0.1) is 0 Å². The minimum atomic E-state index is -0.00586. The van der Waals surface area contributed by atoms with Crippen LogP contribution in [0.1, 0.15) is 18.9 Å². The van der Waals surface area contributed by atoms with Crippen LogP contribution in [-0.4, -0.2) is 23.7 Å². The van der Waals surface area contributed by atoms with Crippen LogP contribution in [0, 0.1) is 11.3 Å². The molecule has 0 amide bonds. The zero-order valence-corrected chi connectivity index (χ0v) is 14.3. The number of aromatic nitrogens is 2. The van der Waals surface area contributed by atoms with E-state index in [0.717, 1.165) is 6.42 Å². The van der Waals surface area contributed by atoms with Crippen LogP contribution in [0.25, 0.3) is 11.3 Å². The van der Waals surface area contributed by atoms with E-state index in [-0.39, 0.29) is 17.3 Å². The molecule has 1 aromatic heterocycles. The number of ether oxygens (including phenoxy) is 2. The van der Waals surface area contributed by atoms with Crippen molar-refractivity contribution < 1.29 is 9.47 Å². The molecule has 23 heavy (non-hydrogen) atoms.